The average Bonchev–Trinajstić information content (AvgIpc) is 2.45. The topological polar surface area (TPSA) is 76.2 Å². The summed E-state index contributed by atoms with van der Waals surface area (Å²) in [5.74, 6) is -2.54. The summed E-state index contributed by atoms with van der Waals surface area (Å²) in [6.07, 6.45) is 0. The van der Waals surface area contributed by atoms with Crippen LogP contribution in [0.1, 0.15) is 5.56 Å². The van der Waals surface area contributed by atoms with Crippen LogP contribution in [-0.2, 0) is 0 Å². The van der Waals surface area contributed by atoms with Crippen molar-refractivity contribution < 1.29 is 18.4 Å². The number of nitrogens with zero attached hydrogens (tertiary/aromatic N) is 2. The first-order chi connectivity index (χ1) is 9.93. The van der Waals surface area contributed by atoms with Crippen molar-refractivity contribution in [1.82, 2.24) is 0 Å². The van der Waals surface area contributed by atoms with Gasteiger partial charge in [0, 0.05) is 6.07 Å². The fourth-order valence-electron chi connectivity index (χ4n) is 1.50. The molecule has 8 heteroatoms. The molecule has 0 aliphatic heterocycles. The van der Waals surface area contributed by atoms with Gasteiger partial charge in [0.1, 0.15) is 6.07 Å². The van der Waals surface area contributed by atoms with Crippen LogP contribution in [0.3, 0.4) is 0 Å². The highest BCUT2D eigenvalue weighted by molar-refractivity contribution is 9.10. The van der Waals surface area contributed by atoms with E-state index < -0.39 is 22.2 Å². The largest absolute Gasteiger partial charge is 0.451 e. The van der Waals surface area contributed by atoms with Crippen LogP contribution in [0, 0.1) is 33.1 Å². The lowest BCUT2D eigenvalue weighted by Crippen LogP contribution is -1.95. The summed E-state index contributed by atoms with van der Waals surface area (Å²) < 4.78 is 32.5. The molecule has 0 aliphatic carbocycles. The Labute approximate surface area is 125 Å². The highest BCUT2D eigenvalue weighted by Crippen LogP contribution is 2.33. The number of rotatable bonds is 3. The highest BCUT2D eigenvalue weighted by Gasteiger charge is 2.16. The summed E-state index contributed by atoms with van der Waals surface area (Å²) in [5, 5.41) is 19.2. The molecular formula is C13H5BrF2N2O3. The van der Waals surface area contributed by atoms with Crippen molar-refractivity contribution in [3.05, 3.63) is 62.1 Å². The molecule has 0 unspecified atom stereocenters. The summed E-state index contributed by atoms with van der Waals surface area (Å²) in [6.45, 7) is 0. The summed E-state index contributed by atoms with van der Waals surface area (Å²) in [7, 11) is 0. The van der Waals surface area contributed by atoms with Gasteiger partial charge < -0.3 is 4.74 Å². The van der Waals surface area contributed by atoms with Gasteiger partial charge in [-0.3, -0.25) is 10.1 Å². The van der Waals surface area contributed by atoms with E-state index >= 15 is 0 Å². The summed E-state index contributed by atoms with van der Waals surface area (Å²) in [5.41, 5.74) is -0.384. The zero-order valence-corrected chi connectivity index (χ0v) is 11.7. The maximum atomic E-state index is 13.9. The van der Waals surface area contributed by atoms with Gasteiger partial charge in [-0.15, -0.1) is 0 Å². The van der Waals surface area contributed by atoms with Crippen molar-refractivity contribution >= 4 is 21.6 Å². The van der Waals surface area contributed by atoms with E-state index in [1.807, 2.05) is 0 Å². The van der Waals surface area contributed by atoms with E-state index in [4.69, 9.17) is 10.00 Å². The van der Waals surface area contributed by atoms with E-state index in [1.165, 1.54) is 12.1 Å². The van der Waals surface area contributed by atoms with Crippen LogP contribution in [0.5, 0.6) is 11.5 Å². The minimum atomic E-state index is -0.996. The number of nitro groups is 1. The van der Waals surface area contributed by atoms with E-state index in [9.17, 15) is 18.9 Å². The first-order valence-electron chi connectivity index (χ1n) is 5.44. The molecule has 0 aliphatic rings. The van der Waals surface area contributed by atoms with Crippen LogP contribution in [0.2, 0.25) is 0 Å². The van der Waals surface area contributed by atoms with Crippen molar-refractivity contribution in [2.75, 3.05) is 0 Å². The van der Waals surface area contributed by atoms with E-state index in [0.29, 0.717) is 6.07 Å². The molecule has 2 aromatic rings. The molecule has 0 spiro atoms. The second kappa shape index (κ2) is 5.85. The smallest absolute Gasteiger partial charge is 0.272 e. The third-order valence-electron chi connectivity index (χ3n) is 2.51. The predicted octanol–water partition coefficient (Wildman–Crippen LogP) is 4.30. The molecule has 0 bridgehead atoms. The van der Waals surface area contributed by atoms with Gasteiger partial charge in [-0.25, -0.2) is 8.78 Å². The Kier molecular flexibility index (Phi) is 4.14. The van der Waals surface area contributed by atoms with Gasteiger partial charge in [0.25, 0.3) is 5.69 Å². The summed E-state index contributed by atoms with van der Waals surface area (Å²) in [6, 6.07) is 6.97. The van der Waals surface area contributed by atoms with Gasteiger partial charge in [-0.05, 0) is 34.1 Å². The lowest BCUT2D eigenvalue weighted by Gasteiger charge is -2.09. The van der Waals surface area contributed by atoms with Gasteiger partial charge in [0.2, 0.25) is 0 Å². The third-order valence-corrected chi connectivity index (χ3v) is 3.29. The van der Waals surface area contributed by atoms with Gasteiger partial charge in [-0.1, -0.05) is 0 Å². The van der Waals surface area contributed by atoms with Crippen molar-refractivity contribution in [1.29, 1.82) is 5.26 Å². The monoisotopic (exact) mass is 354 g/mol. The lowest BCUT2D eigenvalue weighted by atomic mass is 10.2. The third kappa shape index (κ3) is 2.98. The molecule has 21 heavy (non-hydrogen) atoms. The Bertz CT molecular complexity index is 775. The Balaban J connectivity index is 2.37. The first-order valence-corrected chi connectivity index (χ1v) is 6.23. The van der Waals surface area contributed by atoms with Crippen molar-refractivity contribution in [2.45, 2.75) is 0 Å². The molecule has 0 radical (unpaired) electrons. The molecule has 106 valence electrons. The van der Waals surface area contributed by atoms with Crippen LogP contribution in [0.4, 0.5) is 14.5 Å². The maximum absolute atomic E-state index is 13.9. The molecule has 0 aromatic heterocycles. The molecule has 0 saturated carbocycles. The van der Waals surface area contributed by atoms with Crippen LogP contribution in [-0.4, -0.2) is 4.92 Å². The molecule has 2 rings (SSSR count). The molecule has 0 atom stereocenters. The number of benzene rings is 2. The number of nitro benzene ring substituents is 1. The molecule has 0 fully saturated rings. The second-order valence-electron chi connectivity index (χ2n) is 3.82. The van der Waals surface area contributed by atoms with Crippen LogP contribution < -0.4 is 4.74 Å². The SMILES string of the molecule is N#Cc1ccc(Oc2ccc([N+](=O)[O-])cc2F)c(F)c1Br. The molecular weight excluding hydrogens is 350 g/mol. The number of nitriles is 1. The lowest BCUT2D eigenvalue weighted by molar-refractivity contribution is -0.385. The summed E-state index contributed by atoms with van der Waals surface area (Å²) >= 11 is 2.89. The molecule has 0 amide bonds. The number of non-ortho nitro benzene ring substituents is 1. The maximum Gasteiger partial charge on any atom is 0.272 e. The Morgan fingerprint density at radius 3 is 2.48 bits per heavy atom. The van der Waals surface area contributed by atoms with E-state index in [0.717, 1.165) is 12.1 Å². The van der Waals surface area contributed by atoms with Crippen LogP contribution in [0.25, 0.3) is 0 Å². The van der Waals surface area contributed by atoms with Gasteiger partial charge in [0.05, 0.1) is 21.0 Å². The van der Waals surface area contributed by atoms with Gasteiger partial charge >= 0.3 is 0 Å². The first kappa shape index (κ1) is 14.9. The van der Waals surface area contributed by atoms with Gasteiger partial charge in [-0.2, -0.15) is 5.26 Å². The van der Waals surface area contributed by atoms with Crippen molar-refractivity contribution in [3.63, 3.8) is 0 Å². The molecule has 0 heterocycles. The van der Waals surface area contributed by atoms with Crippen LogP contribution >= 0.6 is 15.9 Å². The van der Waals surface area contributed by atoms with Crippen molar-refractivity contribution in [2.24, 2.45) is 0 Å². The van der Waals surface area contributed by atoms with E-state index in [1.54, 1.807) is 6.07 Å². The minimum Gasteiger partial charge on any atom is -0.451 e. The number of hydrogen-bond donors (Lipinski definition) is 0. The van der Waals surface area contributed by atoms with E-state index in [2.05, 4.69) is 15.9 Å². The molecule has 0 N–H and O–H groups in total. The van der Waals surface area contributed by atoms with Crippen molar-refractivity contribution in [3.8, 4) is 17.6 Å². The second-order valence-corrected chi connectivity index (χ2v) is 4.62. The highest BCUT2D eigenvalue weighted by atomic mass is 79.9. The Hall–Kier alpha value is -2.53. The fraction of sp³-hybridized carbons (Fsp3) is 0. The Morgan fingerprint density at radius 1 is 1.24 bits per heavy atom. The summed E-state index contributed by atoms with van der Waals surface area (Å²) in [4.78, 5) is 9.74. The number of hydrogen-bond acceptors (Lipinski definition) is 4. The average molecular weight is 355 g/mol. The molecule has 2 aromatic carbocycles. The van der Waals surface area contributed by atoms with E-state index in [-0.39, 0.29) is 21.5 Å². The standard InChI is InChI=1S/C13H5BrF2N2O3/c14-12-7(6-17)1-3-11(13(12)16)21-10-4-2-8(18(19)20)5-9(10)15/h1-5H. The van der Waals surface area contributed by atoms with Gasteiger partial charge in [0.15, 0.2) is 23.1 Å². The zero-order chi connectivity index (χ0) is 15.6. The number of ether oxygens (including phenoxy) is 1. The predicted molar refractivity (Wildman–Crippen MR) is 71.9 cm³/mol. The molecule has 5 nitrogen and oxygen atoms in total. The zero-order valence-electron chi connectivity index (χ0n) is 10.1. The fourth-order valence-corrected chi connectivity index (χ4v) is 1.92. The Morgan fingerprint density at radius 2 is 1.90 bits per heavy atom. The minimum absolute atomic E-state index is 0.0593. The molecule has 0 saturated heterocycles. The quantitative estimate of drug-likeness (QED) is 0.608. The normalized spacial score (nSPS) is 10.0. The van der Waals surface area contributed by atoms with Crippen LogP contribution in [0.15, 0.2) is 34.8 Å². The number of halogens is 3.